The van der Waals surface area contributed by atoms with Crippen LogP contribution in [0.3, 0.4) is 0 Å². The molecule has 0 saturated carbocycles. The van der Waals surface area contributed by atoms with Gasteiger partial charge in [-0.3, -0.25) is 18.7 Å². The molecule has 0 spiro atoms. The van der Waals surface area contributed by atoms with Crippen LogP contribution in [0.1, 0.15) is 50.4 Å². The van der Waals surface area contributed by atoms with E-state index in [1.807, 2.05) is 6.92 Å². The van der Waals surface area contributed by atoms with Crippen molar-refractivity contribution in [3.05, 3.63) is 38.7 Å². The van der Waals surface area contributed by atoms with Crippen molar-refractivity contribution in [2.75, 3.05) is 0 Å². The zero-order valence-electron chi connectivity index (χ0n) is 15.5. The summed E-state index contributed by atoms with van der Waals surface area (Å²) in [6.45, 7) is 6.32. The molecule has 0 aliphatic carbocycles. The van der Waals surface area contributed by atoms with Gasteiger partial charge >= 0.3 is 5.69 Å². The molecule has 7 heteroatoms. The first-order valence-corrected chi connectivity index (χ1v) is 8.59. The number of nitrogens with zero attached hydrogens (tertiary/aromatic N) is 3. The molecular formula is C18H26N4O3. The summed E-state index contributed by atoms with van der Waals surface area (Å²) in [5, 5.41) is 3.19. The summed E-state index contributed by atoms with van der Waals surface area (Å²) >= 11 is 0. The second kappa shape index (κ2) is 7.63. The Morgan fingerprint density at radius 1 is 1.16 bits per heavy atom. The fourth-order valence-corrected chi connectivity index (χ4v) is 2.80. The van der Waals surface area contributed by atoms with Gasteiger partial charge in [-0.1, -0.05) is 26.7 Å². The second-order valence-electron chi connectivity index (χ2n) is 7.00. The zero-order chi connectivity index (χ0) is 18.7. The second-order valence-corrected chi connectivity index (χ2v) is 7.00. The fraction of sp³-hybridized carbons (Fsp3) is 0.556. The quantitative estimate of drug-likeness (QED) is 0.860. The Kier molecular flexibility index (Phi) is 5.77. The molecule has 7 nitrogen and oxygen atoms in total. The molecule has 2 aromatic rings. The van der Waals surface area contributed by atoms with Crippen LogP contribution in [0.15, 0.2) is 21.9 Å². The Morgan fingerprint density at radius 2 is 1.84 bits per heavy atom. The number of hydrogen-bond donors (Lipinski definition) is 1. The van der Waals surface area contributed by atoms with E-state index in [1.165, 1.54) is 23.9 Å². The first-order valence-electron chi connectivity index (χ1n) is 8.59. The van der Waals surface area contributed by atoms with Crippen molar-refractivity contribution in [1.29, 1.82) is 0 Å². The van der Waals surface area contributed by atoms with E-state index >= 15 is 0 Å². The van der Waals surface area contributed by atoms with Crippen LogP contribution >= 0.6 is 0 Å². The highest BCUT2D eigenvalue weighted by Crippen LogP contribution is 2.10. The van der Waals surface area contributed by atoms with Crippen LogP contribution in [-0.2, 0) is 14.1 Å². The van der Waals surface area contributed by atoms with Gasteiger partial charge in [0.15, 0.2) is 0 Å². The summed E-state index contributed by atoms with van der Waals surface area (Å²) < 4.78 is 2.31. The van der Waals surface area contributed by atoms with Gasteiger partial charge in [0.2, 0.25) is 0 Å². The van der Waals surface area contributed by atoms with Crippen LogP contribution < -0.4 is 16.6 Å². The molecule has 2 heterocycles. The maximum atomic E-state index is 12.4. The molecule has 0 aliphatic rings. The van der Waals surface area contributed by atoms with Crippen molar-refractivity contribution in [2.45, 2.75) is 46.1 Å². The van der Waals surface area contributed by atoms with Crippen molar-refractivity contribution >= 4 is 16.9 Å². The van der Waals surface area contributed by atoms with Crippen LogP contribution in [0.2, 0.25) is 0 Å². The van der Waals surface area contributed by atoms with Gasteiger partial charge in [0.05, 0.1) is 10.9 Å². The average Bonchev–Trinajstić information content (AvgIpc) is 2.57. The third-order valence-electron chi connectivity index (χ3n) is 4.35. The highest BCUT2D eigenvalue weighted by Gasteiger charge is 2.15. The highest BCUT2D eigenvalue weighted by atomic mass is 16.2. The topological polar surface area (TPSA) is 86.0 Å². The van der Waals surface area contributed by atoms with Crippen LogP contribution in [0, 0.1) is 5.92 Å². The van der Waals surface area contributed by atoms with Gasteiger partial charge in [-0.15, -0.1) is 0 Å². The Balaban J connectivity index is 2.23. The summed E-state index contributed by atoms with van der Waals surface area (Å²) in [7, 11) is 2.96. The number of carbonyl (C=O) groups excluding carboxylic acids is 1. The maximum Gasteiger partial charge on any atom is 0.332 e. The Bertz CT molecular complexity index is 896. The number of rotatable bonds is 6. The maximum absolute atomic E-state index is 12.4. The van der Waals surface area contributed by atoms with Crippen molar-refractivity contribution in [2.24, 2.45) is 20.0 Å². The number of hydrogen-bond acceptors (Lipinski definition) is 4. The number of amides is 1. The van der Waals surface area contributed by atoms with Crippen LogP contribution in [0.25, 0.3) is 11.0 Å². The molecule has 0 saturated heterocycles. The Hall–Kier alpha value is -2.44. The van der Waals surface area contributed by atoms with Gasteiger partial charge in [0, 0.05) is 26.3 Å². The monoisotopic (exact) mass is 346 g/mol. The Labute approximate surface area is 146 Å². The summed E-state index contributed by atoms with van der Waals surface area (Å²) in [5.74, 6) is 0.387. The van der Waals surface area contributed by atoms with Gasteiger partial charge < -0.3 is 5.32 Å². The van der Waals surface area contributed by atoms with Gasteiger partial charge in [-0.25, -0.2) is 9.78 Å². The van der Waals surface area contributed by atoms with Crippen LogP contribution in [-0.4, -0.2) is 26.1 Å². The Morgan fingerprint density at radius 3 is 2.48 bits per heavy atom. The van der Waals surface area contributed by atoms with Crippen molar-refractivity contribution in [3.8, 4) is 0 Å². The van der Waals surface area contributed by atoms with Gasteiger partial charge in [0.1, 0.15) is 5.65 Å². The molecule has 1 N–H and O–H groups in total. The number of carbonyl (C=O) groups is 1. The van der Waals surface area contributed by atoms with E-state index in [1.54, 1.807) is 7.05 Å². The molecule has 0 aliphatic heterocycles. The largest absolute Gasteiger partial charge is 0.350 e. The number of pyridine rings is 1. The molecule has 0 fully saturated rings. The van der Waals surface area contributed by atoms with Gasteiger partial charge in [0.25, 0.3) is 11.5 Å². The third kappa shape index (κ3) is 4.15. The molecule has 0 unspecified atom stereocenters. The highest BCUT2D eigenvalue weighted by molar-refractivity contribution is 5.96. The lowest BCUT2D eigenvalue weighted by Gasteiger charge is -2.15. The first-order chi connectivity index (χ1) is 11.7. The summed E-state index contributed by atoms with van der Waals surface area (Å²) in [6, 6.07) is 1.55. The lowest BCUT2D eigenvalue weighted by atomic mass is 10.0. The van der Waals surface area contributed by atoms with E-state index in [0.717, 1.165) is 23.8 Å². The first kappa shape index (κ1) is 18.9. The molecular weight excluding hydrogens is 320 g/mol. The molecule has 1 amide bonds. The summed E-state index contributed by atoms with van der Waals surface area (Å²) in [4.78, 5) is 40.8. The molecule has 25 heavy (non-hydrogen) atoms. The van der Waals surface area contributed by atoms with E-state index in [9.17, 15) is 14.4 Å². The third-order valence-corrected chi connectivity index (χ3v) is 4.35. The number of aromatic nitrogens is 3. The fourth-order valence-electron chi connectivity index (χ4n) is 2.80. The molecule has 0 radical (unpaired) electrons. The molecule has 2 rings (SSSR count). The van der Waals surface area contributed by atoms with E-state index < -0.39 is 11.2 Å². The molecule has 1 atom stereocenters. The molecule has 2 aromatic heterocycles. The zero-order valence-corrected chi connectivity index (χ0v) is 15.5. The van der Waals surface area contributed by atoms with E-state index in [4.69, 9.17) is 0 Å². The number of aryl methyl sites for hydroxylation is 1. The van der Waals surface area contributed by atoms with Crippen molar-refractivity contribution < 1.29 is 4.79 Å². The average molecular weight is 346 g/mol. The van der Waals surface area contributed by atoms with Crippen molar-refractivity contribution in [1.82, 2.24) is 19.4 Å². The minimum atomic E-state index is -0.453. The minimum absolute atomic E-state index is 0.0462. The van der Waals surface area contributed by atoms with Gasteiger partial charge in [-0.2, -0.15) is 0 Å². The SMILES string of the molecule is CC(C)CCC[C@@H](C)NC(=O)c1cnc2c(c1)c(=O)n(C)c(=O)n2C. The van der Waals surface area contributed by atoms with E-state index in [0.29, 0.717) is 11.5 Å². The standard InChI is InChI=1S/C18H26N4O3/c1-11(2)7-6-8-12(3)20-16(23)13-9-14-15(19-10-13)21(4)18(25)22(5)17(14)24/h9-12H,6-8H2,1-5H3,(H,20,23)/t12-/m1/s1. The number of nitrogens with one attached hydrogen (secondary N) is 1. The summed E-state index contributed by atoms with van der Waals surface area (Å²) in [5.41, 5.74) is -0.306. The van der Waals surface area contributed by atoms with Gasteiger partial charge in [-0.05, 0) is 25.3 Å². The lowest BCUT2D eigenvalue weighted by molar-refractivity contribution is 0.0937. The lowest BCUT2D eigenvalue weighted by Crippen LogP contribution is -2.37. The number of fused-ring (bicyclic) bond motifs is 1. The van der Waals surface area contributed by atoms with Crippen LogP contribution in [0.4, 0.5) is 0 Å². The molecule has 0 aromatic carbocycles. The normalized spacial score (nSPS) is 12.6. The predicted molar refractivity (Wildman–Crippen MR) is 97.8 cm³/mol. The van der Waals surface area contributed by atoms with E-state index in [2.05, 4.69) is 24.1 Å². The minimum Gasteiger partial charge on any atom is -0.350 e. The molecule has 136 valence electrons. The summed E-state index contributed by atoms with van der Waals surface area (Å²) in [6.07, 6.45) is 4.48. The smallest absolute Gasteiger partial charge is 0.332 e. The van der Waals surface area contributed by atoms with E-state index in [-0.39, 0.29) is 23.0 Å². The van der Waals surface area contributed by atoms with Crippen molar-refractivity contribution in [3.63, 3.8) is 0 Å². The van der Waals surface area contributed by atoms with Crippen LogP contribution in [0.5, 0.6) is 0 Å². The predicted octanol–water partition coefficient (Wildman–Crippen LogP) is 1.58. The molecule has 0 bridgehead atoms.